The van der Waals surface area contributed by atoms with Gasteiger partial charge in [0.05, 0.1) is 45.7 Å². The van der Waals surface area contributed by atoms with Crippen LogP contribution in [0.4, 0.5) is 0 Å². The summed E-state index contributed by atoms with van der Waals surface area (Å²) in [5.41, 5.74) is 1.13. The Hall–Kier alpha value is -2.44. The number of aliphatic hydroxyl groups excluding tert-OH is 2. The molecule has 2 aromatic carbocycles. The average molecular weight is 362 g/mol. The second kappa shape index (κ2) is 9.31. The molecule has 0 bridgehead atoms. The van der Waals surface area contributed by atoms with Crippen LogP contribution in [0, 0.1) is 0 Å². The SMILES string of the molecule is CCOc1ccc(C(O)CC(O)c2c(OC)cccc2OC)cc1OC. The number of aliphatic hydroxyl groups is 2. The van der Waals surface area contributed by atoms with Gasteiger partial charge in [0, 0.05) is 6.42 Å². The molecule has 6 nitrogen and oxygen atoms in total. The molecule has 2 aromatic rings. The fraction of sp³-hybridized carbons (Fsp3) is 0.400. The highest BCUT2D eigenvalue weighted by atomic mass is 16.5. The molecule has 0 spiro atoms. The average Bonchev–Trinajstić information content (AvgIpc) is 2.67. The minimum atomic E-state index is -0.964. The molecule has 2 N–H and O–H groups in total. The number of methoxy groups -OCH3 is 3. The highest BCUT2D eigenvalue weighted by Crippen LogP contribution is 2.39. The van der Waals surface area contributed by atoms with Crippen LogP contribution >= 0.6 is 0 Å². The van der Waals surface area contributed by atoms with Gasteiger partial charge in [0.2, 0.25) is 0 Å². The molecule has 2 rings (SSSR count). The van der Waals surface area contributed by atoms with E-state index in [0.717, 1.165) is 0 Å². The van der Waals surface area contributed by atoms with Crippen molar-refractivity contribution in [3.8, 4) is 23.0 Å². The van der Waals surface area contributed by atoms with Crippen LogP contribution in [-0.2, 0) is 0 Å². The lowest BCUT2D eigenvalue weighted by Gasteiger charge is -2.21. The Morgan fingerprint density at radius 2 is 1.42 bits per heavy atom. The Morgan fingerprint density at radius 1 is 0.808 bits per heavy atom. The monoisotopic (exact) mass is 362 g/mol. The van der Waals surface area contributed by atoms with Crippen molar-refractivity contribution in [2.24, 2.45) is 0 Å². The lowest BCUT2D eigenvalue weighted by Crippen LogP contribution is -2.09. The molecule has 0 saturated heterocycles. The van der Waals surface area contributed by atoms with E-state index in [1.807, 2.05) is 6.92 Å². The Balaban J connectivity index is 2.23. The van der Waals surface area contributed by atoms with E-state index in [4.69, 9.17) is 18.9 Å². The summed E-state index contributed by atoms with van der Waals surface area (Å²) in [6, 6.07) is 10.5. The smallest absolute Gasteiger partial charge is 0.161 e. The number of hydrogen-bond acceptors (Lipinski definition) is 6. The summed E-state index contributed by atoms with van der Waals surface area (Å²) in [5.74, 6) is 2.16. The van der Waals surface area contributed by atoms with Crippen LogP contribution in [0.15, 0.2) is 36.4 Å². The van der Waals surface area contributed by atoms with Crippen LogP contribution in [0.25, 0.3) is 0 Å². The molecule has 0 aliphatic carbocycles. The van der Waals surface area contributed by atoms with E-state index in [-0.39, 0.29) is 6.42 Å². The van der Waals surface area contributed by atoms with Gasteiger partial charge in [-0.25, -0.2) is 0 Å². The summed E-state index contributed by atoms with van der Waals surface area (Å²) in [4.78, 5) is 0. The van der Waals surface area contributed by atoms with Crippen molar-refractivity contribution >= 4 is 0 Å². The predicted molar refractivity (Wildman–Crippen MR) is 98.2 cm³/mol. The molecular weight excluding hydrogens is 336 g/mol. The van der Waals surface area contributed by atoms with Gasteiger partial charge in [-0.3, -0.25) is 0 Å². The molecule has 0 heterocycles. The Labute approximate surface area is 153 Å². The summed E-state index contributed by atoms with van der Waals surface area (Å²) in [5, 5.41) is 21.2. The molecule has 26 heavy (non-hydrogen) atoms. The van der Waals surface area contributed by atoms with Gasteiger partial charge in [-0.05, 0) is 36.8 Å². The Morgan fingerprint density at radius 3 is 1.96 bits per heavy atom. The zero-order valence-corrected chi connectivity index (χ0v) is 15.6. The molecular formula is C20H26O6. The quantitative estimate of drug-likeness (QED) is 0.713. The molecule has 2 unspecified atom stereocenters. The van der Waals surface area contributed by atoms with Gasteiger partial charge in [-0.1, -0.05) is 12.1 Å². The molecule has 0 radical (unpaired) electrons. The maximum atomic E-state index is 10.7. The van der Waals surface area contributed by atoms with Crippen molar-refractivity contribution in [2.75, 3.05) is 27.9 Å². The van der Waals surface area contributed by atoms with Gasteiger partial charge in [-0.15, -0.1) is 0 Å². The number of benzene rings is 2. The zero-order valence-electron chi connectivity index (χ0n) is 15.6. The maximum absolute atomic E-state index is 10.7. The van der Waals surface area contributed by atoms with Crippen molar-refractivity contribution in [1.29, 1.82) is 0 Å². The van der Waals surface area contributed by atoms with Crippen LogP contribution in [0.2, 0.25) is 0 Å². The summed E-state index contributed by atoms with van der Waals surface area (Å²) in [6.07, 6.45) is -1.79. The standard InChI is InChI=1S/C20H26O6/c1-5-26-16-10-9-13(11-19(16)25-4)14(21)12-15(22)20-17(23-2)7-6-8-18(20)24-3/h6-11,14-15,21-22H,5,12H2,1-4H3. The topological polar surface area (TPSA) is 77.4 Å². The normalized spacial score (nSPS) is 13.0. The first kappa shape index (κ1) is 19.9. The predicted octanol–water partition coefficient (Wildman–Crippen LogP) is 3.27. The molecule has 6 heteroatoms. The van der Waals surface area contributed by atoms with Crippen LogP contribution < -0.4 is 18.9 Å². The minimum Gasteiger partial charge on any atom is -0.496 e. The van der Waals surface area contributed by atoms with Gasteiger partial charge >= 0.3 is 0 Å². The molecule has 142 valence electrons. The maximum Gasteiger partial charge on any atom is 0.161 e. The van der Waals surface area contributed by atoms with Gasteiger partial charge in [0.15, 0.2) is 11.5 Å². The summed E-state index contributed by atoms with van der Waals surface area (Å²) >= 11 is 0. The summed E-state index contributed by atoms with van der Waals surface area (Å²) in [7, 11) is 4.60. The van der Waals surface area contributed by atoms with E-state index >= 15 is 0 Å². The lowest BCUT2D eigenvalue weighted by molar-refractivity contribution is 0.0772. The van der Waals surface area contributed by atoms with Gasteiger partial charge in [-0.2, -0.15) is 0 Å². The van der Waals surface area contributed by atoms with Crippen LogP contribution in [0.5, 0.6) is 23.0 Å². The fourth-order valence-corrected chi connectivity index (χ4v) is 2.84. The van der Waals surface area contributed by atoms with E-state index in [2.05, 4.69) is 0 Å². The number of rotatable bonds is 9. The number of ether oxygens (including phenoxy) is 4. The van der Waals surface area contributed by atoms with E-state index < -0.39 is 12.2 Å². The second-order valence-corrected chi connectivity index (χ2v) is 5.69. The molecule has 0 aromatic heterocycles. The number of hydrogen-bond donors (Lipinski definition) is 2. The first-order valence-corrected chi connectivity index (χ1v) is 8.43. The summed E-state index contributed by atoms with van der Waals surface area (Å²) in [6.45, 7) is 2.41. The van der Waals surface area contributed by atoms with Crippen LogP contribution in [0.1, 0.15) is 36.7 Å². The van der Waals surface area contributed by atoms with Crippen LogP contribution in [-0.4, -0.2) is 38.1 Å². The lowest BCUT2D eigenvalue weighted by atomic mass is 9.97. The molecule has 0 saturated carbocycles. The molecule has 0 aliphatic heterocycles. The summed E-state index contributed by atoms with van der Waals surface area (Å²) < 4.78 is 21.4. The van der Waals surface area contributed by atoms with Crippen molar-refractivity contribution < 1.29 is 29.2 Å². The minimum absolute atomic E-state index is 0.0773. The third-order valence-electron chi connectivity index (χ3n) is 4.12. The highest BCUT2D eigenvalue weighted by molar-refractivity contribution is 5.47. The Bertz CT molecular complexity index is 693. The van der Waals surface area contributed by atoms with Gasteiger partial charge in [0.1, 0.15) is 11.5 Å². The van der Waals surface area contributed by atoms with Crippen molar-refractivity contribution in [3.05, 3.63) is 47.5 Å². The van der Waals surface area contributed by atoms with Gasteiger partial charge < -0.3 is 29.2 Å². The largest absolute Gasteiger partial charge is 0.496 e. The third-order valence-corrected chi connectivity index (χ3v) is 4.12. The first-order valence-electron chi connectivity index (χ1n) is 8.43. The van der Waals surface area contributed by atoms with Crippen molar-refractivity contribution in [3.63, 3.8) is 0 Å². The molecule has 0 aliphatic rings. The van der Waals surface area contributed by atoms with Crippen molar-refractivity contribution in [1.82, 2.24) is 0 Å². The molecule has 0 amide bonds. The van der Waals surface area contributed by atoms with E-state index in [0.29, 0.717) is 40.7 Å². The molecule has 2 atom stereocenters. The fourth-order valence-electron chi connectivity index (χ4n) is 2.84. The van der Waals surface area contributed by atoms with E-state index in [1.165, 1.54) is 14.2 Å². The first-order chi connectivity index (χ1) is 12.5. The van der Waals surface area contributed by atoms with E-state index in [9.17, 15) is 10.2 Å². The molecule has 0 fully saturated rings. The van der Waals surface area contributed by atoms with Crippen LogP contribution in [0.3, 0.4) is 0 Å². The van der Waals surface area contributed by atoms with Crippen molar-refractivity contribution in [2.45, 2.75) is 25.6 Å². The Kier molecular flexibility index (Phi) is 7.12. The highest BCUT2D eigenvalue weighted by Gasteiger charge is 2.23. The zero-order chi connectivity index (χ0) is 19.1. The van der Waals surface area contributed by atoms with E-state index in [1.54, 1.807) is 43.5 Å². The second-order valence-electron chi connectivity index (χ2n) is 5.69. The van der Waals surface area contributed by atoms with Gasteiger partial charge in [0.25, 0.3) is 0 Å². The third kappa shape index (κ3) is 4.39.